The van der Waals surface area contributed by atoms with Gasteiger partial charge in [-0.1, -0.05) is 42.7 Å². The van der Waals surface area contributed by atoms with Crippen molar-refractivity contribution in [2.75, 3.05) is 0 Å². The van der Waals surface area contributed by atoms with Crippen LogP contribution in [0.25, 0.3) is 0 Å². The van der Waals surface area contributed by atoms with Crippen LogP contribution in [-0.4, -0.2) is 0 Å². The molecule has 0 unspecified atom stereocenters. The predicted octanol–water partition coefficient (Wildman–Crippen LogP) is 7.92. The molecule has 0 nitrogen and oxygen atoms in total. The molecule has 0 amide bonds. The lowest BCUT2D eigenvalue weighted by Crippen LogP contribution is -2.17. The summed E-state index contributed by atoms with van der Waals surface area (Å²) in [6.45, 7) is 2.14. The number of benzene rings is 1. The van der Waals surface area contributed by atoms with Gasteiger partial charge < -0.3 is 0 Å². The summed E-state index contributed by atoms with van der Waals surface area (Å²) in [6.07, 6.45) is 18.2. The average Bonchev–Trinajstić information content (AvgIpc) is 2.64. The van der Waals surface area contributed by atoms with Gasteiger partial charge in [-0.15, -0.1) is 0 Å². The first-order valence-electron chi connectivity index (χ1n) is 10.2. The number of hydrogen-bond acceptors (Lipinski definition) is 0. The summed E-state index contributed by atoms with van der Waals surface area (Å²) >= 11 is 5.95. The van der Waals surface area contributed by atoms with Gasteiger partial charge in [0.05, 0.1) is 5.02 Å². The van der Waals surface area contributed by atoms with Gasteiger partial charge in [-0.3, -0.25) is 0 Å². The van der Waals surface area contributed by atoms with Crippen molar-refractivity contribution in [2.45, 2.75) is 77.0 Å². The second-order valence-electron chi connectivity index (χ2n) is 8.28. The normalized spacial score (nSPS) is 30.7. The molecule has 0 heterocycles. The highest BCUT2D eigenvalue weighted by Crippen LogP contribution is 2.40. The molecule has 138 valence electrons. The molecule has 1 aromatic carbocycles. The van der Waals surface area contributed by atoms with Gasteiger partial charge in [0.15, 0.2) is 0 Å². The predicted molar refractivity (Wildman–Crippen MR) is 106 cm³/mol. The minimum Gasteiger partial charge on any atom is -0.205 e. The van der Waals surface area contributed by atoms with Crippen molar-refractivity contribution in [3.8, 4) is 0 Å². The molecule has 0 N–H and O–H groups in total. The standard InChI is InChI=1S/C23H32ClF/c1-2-3-17-4-6-18(7-5-17)8-9-19-10-12-20(13-11-19)21-14-15-23(25)22(24)16-21/h2-3,14-20H,4-13H2,1H3/b3-2+/t17-,18-,19?,20?. The van der Waals surface area contributed by atoms with Crippen molar-refractivity contribution in [1.29, 1.82) is 0 Å². The zero-order valence-electron chi connectivity index (χ0n) is 15.5. The molecule has 0 spiro atoms. The van der Waals surface area contributed by atoms with Crippen LogP contribution in [0, 0.1) is 23.6 Å². The minimum atomic E-state index is -0.303. The molecule has 1 aromatic rings. The minimum absolute atomic E-state index is 0.271. The molecule has 0 aromatic heterocycles. The van der Waals surface area contributed by atoms with Gasteiger partial charge in [-0.25, -0.2) is 4.39 Å². The Labute approximate surface area is 157 Å². The fourth-order valence-corrected chi connectivity index (χ4v) is 5.15. The van der Waals surface area contributed by atoms with E-state index in [2.05, 4.69) is 19.1 Å². The van der Waals surface area contributed by atoms with Gasteiger partial charge in [-0.05, 0) is 99.7 Å². The Morgan fingerprint density at radius 3 is 2.12 bits per heavy atom. The van der Waals surface area contributed by atoms with Crippen LogP contribution in [0.1, 0.15) is 82.6 Å². The molecule has 2 saturated carbocycles. The molecular weight excluding hydrogens is 331 g/mol. The summed E-state index contributed by atoms with van der Waals surface area (Å²) in [5, 5.41) is 0.271. The summed E-state index contributed by atoms with van der Waals surface area (Å²) in [4.78, 5) is 0. The Balaban J connectivity index is 1.39. The molecule has 25 heavy (non-hydrogen) atoms. The number of hydrogen-bond donors (Lipinski definition) is 0. The van der Waals surface area contributed by atoms with E-state index in [1.807, 2.05) is 12.1 Å². The van der Waals surface area contributed by atoms with Crippen molar-refractivity contribution >= 4 is 11.6 Å². The maximum atomic E-state index is 13.3. The Bertz CT molecular complexity index is 563. The van der Waals surface area contributed by atoms with E-state index in [0.29, 0.717) is 5.92 Å². The first kappa shape index (κ1) is 19.0. The Morgan fingerprint density at radius 1 is 0.960 bits per heavy atom. The maximum absolute atomic E-state index is 13.3. The largest absolute Gasteiger partial charge is 0.205 e. The van der Waals surface area contributed by atoms with E-state index < -0.39 is 0 Å². The number of rotatable bonds is 5. The highest BCUT2D eigenvalue weighted by molar-refractivity contribution is 6.30. The van der Waals surface area contributed by atoms with Crippen LogP contribution in [0.5, 0.6) is 0 Å². The summed E-state index contributed by atoms with van der Waals surface area (Å²) in [7, 11) is 0. The van der Waals surface area contributed by atoms with Crippen molar-refractivity contribution in [2.24, 2.45) is 17.8 Å². The molecule has 2 heteroatoms. The first-order chi connectivity index (χ1) is 12.2. The van der Waals surface area contributed by atoms with E-state index in [1.165, 1.54) is 75.8 Å². The number of halogens is 2. The van der Waals surface area contributed by atoms with Crippen LogP contribution < -0.4 is 0 Å². The van der Waals surface area contributed by atoms with Crippen LogP contribution in [0.4, 0.5) is 4.39 Å². The topological polar surface area (TPSA) is 0 Å². The molecule has 2 fully saturated rings. The van der Waals surface area contributed by atoms with Crippen LogP contribution in [-0.2, 0) is 0 Å². The highest BCUT2D eigenvalue weighted by Gasteiger charge is 2.25. The SMILES string of the molecule is C/C=C/[C@H]1CC[C@H](CCC2CCC(c3ccc(F)c(Cl)c3)CC2)CC1. The van der Waals surface area contributed by atoms with E-state index in [0.717, 1.165) is 17.8 Å². The summed E-state index contributed by atoms with van der Waals surface area (Å²) in [5.41, 5.74) is 1.23. The third kappa shape index (κ3) is 5.33. The van der Waals surface area contributed by atoms with Crippen LogP contribution in [0.15, 0.2) is 30.4 Å². The lowest BCUT2D eigenvalue weighted by molar-refractivity contribution is 0.246. The van der Waals surface area contributed by atoms with Crippen molar-refractivity contribution in [3.63, 3.8) is 0 Å². The smallest absolute Gasteiger partial charge is 0.141 e. The van der Waals surface area contributed by atoms with E-state index >= 15 is 0 Å². The van der Waals surface area contributed by atoms with Gasteiger partial charge in [0.25, 0.3) is 0 Å². The summed E-state index contributed by atoms with van der Waals surface area (Å²) < 4.78 is 13.3. The second-order valence-corrected chi connectivity index (χ2v) is 8.68. The Kier molecular flexibility index (Phi) is 6.99. The van der Waals surface area contributed by atoms with Gasteiger partial charge in [0.1, 0.15) is 5.82 Å². The molecule has 2 aliphatic rings. The summed E-state index contributed by atoms with van der Waals surface area (Å²) in [5.74, 6) is 2.99. The third-order valence-electron chi connectivity index (χ3n) is 6.60. The van der Waals surface area contributed by atoms with Crippen molar-refractivity contribution in [3.05, 3.63) is 46.8 Å². The molecule has 0 atom stereocenters. The van der Waals surface area contributed by atoms with Gasteiger partial charge in [0.2, 0.25) is 0 Å². The monoisotopic (exact) mass is 362 g/mol. The van der Waals surface area contributed by atoms with Gasteiger partial charge in [0, 0.05) is 0 Å². The van der Waals surface area contributed by atoms with Crippen LogP contribution >= 0.6 is 11.6 Å². The Morgan fingerprint density at radius 2 is 1.56 bits per heavy atom. The maximum Gasteiger partial charge on any atom is 0.141 e. The van der Waals surface area contributed by atoms with Gasteiger partial charge in [-0.2, -0.15) is 0 Å². The second kappa shape index (κ2) is 9.21. The molecule has 0 saturated heterocycles. The average molecular weight is 363 g/mol. The van der Waals surface area contributed by atoms with E-state index in [9.17, 15) is 4.39 Å². The zero-order valence-corrected chi connectivity index (χ0v) is 16.3. The van der Waals surface area contributed by atoms with Crippen molar-refractivity contribution < 1.29 is 4.39 Å². The highest BCUT2D eigenvalue weighted by atomic mass is 35.5. The molecule has 0 bridgehead atoms. The van der Waals surface area contributed by atoms with Crippen molar-refractivity contribution in [1.82, 2.24) is 0 Å². The lowest BCUT2D eigenvalue weighted by atomic mass is 9.74. The van der Waals surface area contributed by atoms with E-state index in [4.69, 9.17) is 11.6 Å². The molecule has 3 rings (SSSR count). The molecule has 2 aliphatic carbocycles. The van der Waals surface area contributed by atoms with E-state index in [1.54, 1.807) is 0 Å². The fourth-order valence-electron chi connectivity index (χ4n) is 4.96. The number of allylic oxidation sites excluding steroid dienone is 2. The van der Waals surface area contributed by atoms with Crippen LogP contribution in [0.2, 0.25) is 5.02 Å². The zero-order chi connectivity index (χ0) is 17.6. The van der Waals surface area contributed by atoms with Gasteiger partial charge >= 0.3 is 0 Å². The summed E-state index contributed by atoms with van der Waals surface area (Å²) in [6, 6.07) is 5.29. The third-order valence-corrected chi connectivity index (χ3v) is 6.89. The Hall–Kier alpha value is -0.820. The van der Waals surface area contributed by atoms with Crippen LogP contribution in [0.3, 0.4) is 0 Å². The van der Waals surface area contributed by atoms with E-state index in [-0.39, 0.29) is 10.8 Å². The first-order valence-corrected chi connectivity index (χ1v) is 10.6. The quantitative estimate of drug-likeness (QED) is 0.466. The molecular formula is C23H32ClF. The molecule has 0 aliphatic heterocycles. The fraction of sp³-hybridized carbons (Fsp3) is 0.652. The molecule has 0 radical (unpaired) electrons. The lowest BCUT2D eigenvalue weighted by Gasteiger charge is -2.31.